The van der Waals surface area contributed by atoms with Crippen LogP contribution in [0.25, 0.3) is 0 Å². The normalized spacial score (nSPS) is 12.8. The van der Waals surface area contributed by atoms with E-state index in [1.165, 1.54) is 0 Å². The third-order valence-corrected chi connectivity index (χ3v) is 2.58. The molecule has 0 radical (unpaired) electrons. The molecule has 3 nitrogen and oxygen atoms in total. The van der Waals surface area contributed by atoms with E-state index in [-0.39, 0.29) is 6.04 Å². The zero-order chi connectivity index (χ0) is 12.1. The van der Waals surface area contributed by atoms with Gasteiger partial charge in [0.1, 0.15) is 5.75 Å². The van der Waals surface area contributed by atoms with Crippen molar-refractivity contribution in [2.24, 2.45) is 4.99 Å². The topological polar surface area (TPSA) is 34.7 Å². The summed E-state index contributed by atoms with van der Waals surface area (Å²) in [5.41, 5.74) is 2.04. The van der Waals surface area contributed by atoms with E-state index < -0.39 is 0 Å². The number of rotatable bonds is 4. The molecular weight excluding hydrogens is 214 g/mol. The summed E-state index contributed by atoms with van der Waals surface area (Å²) in [4.78, 5) is 4.48. The van der Waals surface area contributed by atoms with Crippen LogP contribution < -0.4 is 4.74 Å². The molecule has 1 atom stereocenters. The van der Waals surface area contributed by atoms with Crippen LogP contribution in [0.15, 0.2) is 52.3 Å². The third kappa shape index (κ3) is 2.75. The molecule has 0 saturated heterocycles. The first kappa shape index (κ1) is 11.5. The van der Waals surface area contributed by atoms with Crippen molar-refractivity contribution in [3.05, 3.63) is 54.0 Å². The number of furan rings is 1. The Morgan fingerprint density at radius 1 is 1.29 bits per heavy atom. The van der Waals surface area contributed by atoms with Gasteiger partial charge in [0.15, 0.2) is 0 Å². The number of para-hydroxylation sites is 1. The molecule has 0 aliphatic carbocycles. The highest BCUT2D eigenvalue weighted by Gasteiger charge is 2.08. The number of nitrogens with zero attached hydrogens (tertiary/aromatic N) is 1. The van der Waals surface area contributed by atoms with E-state index in [1.807, 2.05) is 37.3 Å². The molecule has 2 aromatic rings. The van der Waals surface area contributed by atoms with Crippen molar-refractivity contribution in [1.29, 1.82) is 0 Å². The first-order valence-corrected chi connectivity index (χ1v) is 5.49. The van der Waals surface area contributed by atoms with E-state index in [2.05, 4.69) is 4.99 Å². The van der Waals surface area contributed by atoms with Gasteiger partial charge in [0.05, 0.1) is 25.7 Å². The summed E-state index contributed by atoms with van der Waals surface area (Å²) in [7, 11) is 1.67. The van der Waals surface area contributed by atoms with Crippen LogP contribution in [-0.2, 0) is 0 Å². The van der Waals surface area contributed by atoms with Crippen LogP contribution in [0.3, 0.4) is 0 Å². The Hall–Kier alpha value is -2.03. The van der Waals surface area contributed by atoms with Crippen molar-refractivity contribution in [2.45, 2.75) is 13.0 Å². The average Bonchev–Trinajstić information content (AvgIpc) is 2.89. The van der Waals surface area contributed by atoms with Gasteiger partial charge in [0, 0.05) is 17.3 Å². The van der Waals surface area contributed by atoms with E-state index in [9.17, 15) is 0 Å². The van der Waals surface area contributed by atoms with E-state index >= 15 is 0 Å². The molecule has 1 heterocycles. The molecule has 0 aliphatic rings. The summed E-state index contributed by atoms with van der Waals surface area (Å²) in [6.07, 6.45) is 5.11. The summed E-state index contributed by atoms with van der Waals surface area (Å²) in [5.74, 6) is 0.865. The summed E-state index contributed by atoms with van der Waals surface area (Å²) < 4.78 is 10.3. The second-order valence-electron chi connectivity index (χ2n) is 3.75. The van der Waals surface area contributed by atoms with Gasteiger partial charge in [0.25, 0.3) is 0 Å². The monoisotopic (exact) mass is 229 g/mol. The van der Waals surface area contributed by atoms with Gasteiger partial charge in [-0.15, -0.1) is 0 Å². The minimum atomic E-state index is 0.0565. The Morgan fingerprint density at radius 2 is 2.12 bits per heavy atom. The molecule has 1 aromatic heterocycles. The highest BCUT2D eigenvalue weighted by molar-refractivity contribution is 5.79. The summed E-state index contributed by atoms with van der Waals surface area (Å²) in [6, 6.07) is 9.84. The number of hydrogen-bond acceptors (Lipinski definition) is 3. The van der Waals surface area contributed by atoms with Crippen LogP contribution in [0, 0.1) is 0 Å². The molecule has 3 heteroatoms. The third-order valence-electron chi connectivity index (χ3n) is 2.58. The van der Waals surface area contributed by atoms with Crippen LogP contribution in [0.4, 0.5) is 0 Å². The Morgan fingerprint density at radius 3 is 2.82 bits per heavy atom. The second kappa shape index (κ2) is 5.34. The minimum absolute atomic E-state index is 0.0565. The number of benzene rings is 1. The predicted octanol–water partition coefficient (Wildman–Crippen LogP) is 3.47. The molecule has 1 aromatic carbocycles. The fraction of sp³-hybridized carbons (Fsp3) is 0.214. The lowest BCUT2D eigenvalue weighted by molar-refractivity contribution is 0.407. The summed E-state index contributed by atoms with van der Waals surface area (Å²) >= 11 is 0. The van der Waals surface area contributed by atoms with E-state index in [4.69, 9.17) is 9.15 Å². The number of hydrogen-bond donors (Lipinski definition) is 0. The molecule has 0 fully saturated rings. The van der Waals surface area contributed by atoms with Crippen LogP contribution in [0.2, 0.25) is 0 Å². The molecule has 0 N–H and O–H groups in total. The molecule has 0 aliphatic heterocycles. The van der Waals surface area contributed by atoms with Crippen LogP contribution >= 0.6 is 0 Å². The predicted molar refractivity (Wildman–Crippen MR) is 67.7 cm³/mol. The molecule has 0 saturated carbocycles. The largest absolute Gasteiger partial charge is 0.496 e. The minimum Gasteiger partial charge on any atom is -0.496 e. The van der Waals surface area contributed by atoms with Crippen molar-refractivity contribution < 1.29 is 9.15 Å². The van der Waals surface area contributed by atoms with Gasteiger partial charge < -0.3 is 9.15 Å². The Bertz CT molecular complexity index is 489. The average molecular weight is 229 g/mol. The first-order chi connectivity index (χ1) is 8.31. The van der Waals surface area contributed by atoms with Gasteiger partial charge in [-0.05, 0) is 19.1 Å². The lowest BCUT2D eigenvalue weighted by Gasteiger charge is -2.11. The molecule has 88 valence electrons. The summed E-state index contributed by atoms with van der Waals surface area (Å²) in [5, 5.41) is 0. The Labute approximate surface area is 101 Å². The maximum atomic E-state index is 5.31. The number of methoxy groups -OCH3 is 1. The fourth-order valence-electron chi connectivity index (χ4n) is 1.64. The Kier molecular flexibility index (Phi) is 3.60. The zero-order valence-corrected chi connectivity index (χ0v) is 9.96. The van der Waals surface area contributed by atoms with Crippen molar-refractivity contribution in [3.8, 4) is 5.75 Å². The molecule has 0 spiro atoms. The lowest BCUT2D eigenvalue weighted by atomic mass is 10.1. The number of aliphatic imine (C=N–C) groups is 1. The van der Waals surface area contributed by atoms with Gasteiger partial charge in [-0.2, -0.15) is 0 Å². The van der Waals surface area contributed by atoms with Crippen LogP contribution in [0.5, 0.6) is 5.75 Å². The molecule has 0 amide bonds. The quantitative estimate of drug-likeness (QED) is 0.752. The standard InChI is InChI=1S/C14H15NO2/c1-11(15-9-12-7-8-17-10-12)13-5-3-4-6-14(13)16-2/h3-11H,1-2H3/b15-9+. The molecule has 1 unspecified atom stereocenters. The smallest absolute Gasteiger partial charge is 0.124 e. The molecule has 2 rings (SSSR count). The van der Waals surface area contributed by atoms with E-state index in [0.717, 1.165) is 16.9 Å². The van der Waals surface area contributed by atoms with E-state index in [1.54, 1.807) is 25.9 Å². The van der Waals surface area contributed by atoms with Crippen molar-refractivity contribution in [3.63, 3.8) is 0 Å². The van der Waals surface area contributed by atoms with Crippen molar-refractivity contribution >= 4 is 6.21 Å². The zero-order valence-electron chi connectivity index (χ0n) is 9.96. The maximum absolute atomic E-state index is 5.31. The highest BCUT2D eigenvalue weighted by atomic mass is 16.5. The van der Waals surface area contributed by atoms with Gasteiger partial charge >= 0.3 is 0 Å². The van der Waals surface area contributed by atoms with Gasteiger partial charge in [-0.1, -0.05) is 18.2 Å². The SMILES string of the molecule is COc1ccccc1C(C)/N=C/c1ccoc1. The van der Waals surface area contributed by atoms with E-state index in [0.29, 0.717) is 0 Å². The molecule has 0 bridgehead atoms. The number of ether oxygens (including phenoxy) is 1. The highest BCUT2D eigenvalue weighted by Crippen LogP contribution is 2.26. The summed E-state index contributed by atoms with van der Waals surface area (Å²) in [6.45, 7) is 2.04. The molecule has 17 heavy (non-hydrogen) atoms. The van der Waals surface area contributed by atoms with Gasteiger partial charge in [0.2, 0.25) is 0 Å². The first-order valence-electron chi connectivity index (χ1n) is 5.49. The van der Waals surface area contributed by atoms with Crippen LogP contribution in [-0.4, -0.2) is 13.3 Å². The maximum Gasteiger partial charge on any atom is 0.124 e. The second-order valence-corrected chi connectivity index (χ2v) is 3.75. The van der Waals surface area contributed by atoms with Crippen molar-refractivity contribution in [1.82, 2.24) is 0 Å². The van der Waals surface area contributed by atoms with Gasteiger partial charge in [-0.25, -0.2) is 0 Å². The lowest BCUT2D eigenvalue weighted by Crippen LogP contribution is -1.95. The van der Waals surface area contributed by atoms with Crippen molar-refractivity contribution in [2.75, 3.05) is 7.11 Å². The van der Waals surface area contributed by atoms with Crippen LogP contribution in [0.1, 0.15) is 24.1 Å². The fourth-order valence-corrected chi connectivity index (χ4v) is 1.64. The molecular formula is C14H15NO2. The Balaban J connectivity index is 2.17. The van der Waals surface area contributed by atoms with Gasteiger partial charge in [-0.3, -0.25) is 4.99 Å².